The Morgan fingerprint density at radius 1 is 1.24 bits per heavy atom. The van der Waals surface area contributed by atoms with Gasteiger partial charge in [0.1, 0.15) is 5.02 Å². The van der Waals surface area contributed by atoms with Gasteiger partial charge in [-0.1, -0.05) is 56.5 Å². The average molecular weight is 273 g/mol. The molecular formula is C14H23ClNS+. The molecule has 1 aromatic heterocycles. The predicted molar refractivity (Wildman–Crippen MR) is 77.6 cm³/mol. The molecule has 3 heteroatoms. The molecule has 0 aliphatic heterocycles. The summed E-state index contributed by atoms with van der Waals surface area (Å²) >= 11 is 8.16. The Kier molecular flexibility index (Phi) is 7.70. The van der Waals surface area contributed by atoms with E-state index in [-0.39, 0.29) is 0 Å². The first-order valence-electron chi connectivity index (χ1n) is 6.53. The molecule has 0 radical (unpaired) electrons. The average Bonchev–Trinajstić information content (AvgIpc) is 2.34. The van der Waals surface area contributed by atoms with Gasteiger partial charge in [0.15, 0.2) is 18.3 Å². The Balaban J connectivity index is 2.25. The largest absolute Gasteiger partial charge is 0.194 e. The van der Waals surface area contributed by atoms with E-state index in [0.29, 0.717) is 0 Å². The second-order valence-electron chi connectivity index (χ2n) is 4.28. The first kappa shape index (κ1) is 14.8. The van der Waals surface area contributed by atoms with Gasteiger partial charge >= 0.3 is 0 Å². The summed E-state index contributed by atoms with van der Waals surface area (Å²) in [6.45, 7) is 4.38. The molecule has 0 spiro atoms. The third-order valence-corrected chi connectivity index (χ3v) is 4.22. The summed E-state index contributed by atoms with van der Waals surface area (Å²) in [6.07, 6.45) is 10.6. The number of aryl methyl sites for hydroxylation is 1. The van der Waals surface area contributed by atoms with Gasteiger partial charge in [-0.25, -0.2) is 0 Å². The van der Waals surface area contributed by atoms with Crippen LogP contribution >= 0.6 is 23.4 Å². The molecule has 1 aromatic rings. The first-order valence-corrected chi connectivity index (χ1v) is 8.06. The molecule has 0 saturated carbocycles. The lowest BCUT2D eigenvalue weighted by Crippen LogP contribution is -2.31. The summed E-state index contributed by atoms with van der Waals surface area (Å²) in [5.74, 6) is 2.26. The smallest absolute Gasteiger partial charge is 0.194 e. The van der Waals surface area contributed by atoms with Crippen molar-refractivity contribution in [1.29, 1.82) is 0 Å². The number of hydrogen-bond donors (Lipinski definition) is 0. The summed E-state index contributed by atoms with van der Waals surface area (Å²) < 4.78 is 2.17. The van der Waals surface area contributed by atoms with Crippen LogP contribution in [0.2, 0.25) is 5.02 Å². The SMILES string of the molecule is CCCCCCSC[n+]1ccc(CC)c(Cl)c1. The highest BCUT2D eigenvalue weighted by Gasteiger charge is 2.05. The highest BCUT2D eigenvalue weighted by molar-refractivity contribution is 7.98. The minimum Gasteiger partial charge on any atom is -0.194 e. The van der Waals surface area contributed by atoms with Crippen LogP contribution in [0.25, 0.3) is 0 Å². The van der Waals surface area contributed by atoms with Gasteiger partial charge in [-0.3, -0.25) is 0 Å². The Bertz CT molecular complexity index is 328. The van der Waals surface area contributed by atoms with Crippen LogP contribution < -0.4 is 4.57 Å². The van der Waals surface area contributed by atoms with E-state index >= 15 is 0 Å². The summed E-state index contributed by atoms with van der Waals surface area (Å²) in [4.78, 5) is 0. The van der Waals surface area contributed by atoms with Crippen LogP contribution in [-0.4, -0.2) is 5.75 Å². The third-order valence-electron chi connectivity index (χ3n) is 2.82. The van der Waals surface area contributed by atoms with Gasteiger partial charge in [0.25, 0.3) is 0 Å². The van der Waals surface area contributed by atoms with E-state index in [1.807, 2.05) is 18.0 Å². The number of thioether (sulfide) groups is 1. The molecule has 17 heavy (non-hydrogen) atoms. The van der Waals surface area contributed by atoms with Crippen molar-refractivity contribution in [3.63, 3.8) is 0 Å². The lowest BCUT2D eigenvalue weighted by atomic mass is 10.2. The van der Waals surface area contributed by atoms with Crippen molar-refractivity contribution in [3.05, 3.63) is 29.0 Å². The normalized spacial score (nSPS) is 10.8. The fraction of sp³-hybridized carbons (Fsp3) is 0.643. The monoisotopic (exact) mass is 272 g/mol. The molecule has 1 rings (SSSR count). The number of aromatic nitrogens is 1. The molecule has 0 atom stereocenters. The van der Waals surface area contributed by atoms with Gasteiger partial charge in [0.2, 0.25) is 0 Å². The standard InChI is InChI=1S/C14H23ClNS/c1-3-5-6-7-10-17-12-16-9-8-13(4-2)14(15)11-16/h8-9,11H,3-7,10,12H2,1-2H3/q+1. The van der Waals surface area contributed by atoms with Crippen LogP contribution in [0.1, 0.15) is 45.1 Å². The van der Waals surface area contributed by atoms with Crippen LogP contribution in [0.15, 0.2) is 18.5 Å². The maximum absolute atomic E-state index is 6.18. The highest BCUT2D eigenvalue weighted by atomic mass is 35.5. The minimum absolute atomic E-state index is 0.890. The molecule has 0 N–H and O–H groups in total. The molecule has 96 valence electrons. The van der Waals surface area contributed by atoms with Crippen molar-refractivity contribution in [1.82, 2.24) is 0 Å². The van der Waals surface area contributed by atoms with Crippen molar-refractivity contribution < 1.29 is 4.57 Å². The summed E-state index contributed by atoms with van der Waals surface area (Å²) in [5, 5.41) is 0.890. The van der Waals surface area contributed by atoms with Crippen molar-refractivity contribution in [3.8, 4) is 0 Å². The molecule has 0 amide bonds. The number of hydrogen-bond acceptors (Lipinski definition) is 1. The topological polar surface area (TPSA) is 3.88 Å². The molecule has 0 fully saturated rings. The third kappa shape index (κ3) is 5.78. The number of unbranched alkanes of at least 4 members (excludes halogenated alkanes) is 3. The zero-order valence-electron chi connectivity index (χ0n) is 10.9. The summed E-state index contributed by atoms with van der Waals surface area (Å²) in [7, 11) is 0. The molecule has 1 heterocycles. The fourth-order valence-electron chi connectivity index (χ4n) is 1.70. The lowest BCUT2D eigenvalue weighted by Gasteiger charge is -2.01. The van der Waals surface area contributed by atoms with Gasteiger partial charge in [-0.05, 0) is 24.2 Å². The number of rotatable bonds is 8. The maximum atomic E-state index is 6.18. The molecule has 0 aliphatic carbocycles. The lowest BCUT2D eigenvalue weighted by molar-refractivity contribution is -0.675. The second-order valence-corrected chi connectivity index (χ2v) is 5.77. The molecule has 0 aliphatic rings. The number of nitrogens with zero attached hydrogens (tertiary/aromatic N) is 1. The Labute approximate surface area is 115 Å². The van der Waals surface area contributed by atoms with Crippen molar-refractivity contribution >= 4 is 23.4 Å². The van der Waals surface area contributed by atoms with Crippen LogP contribution in [-0.2, 0) is 12.3 Å². The van der Waals surface area contributed by atoms with Gasteiger partial charge in [0.05, 0.1) is 0 Å². The highest BCUT2D eigenvalue weighted by Crippen LogP contribution is 2.14. The van der Waals surface area contributed by atoms with E-state index in [4.69, 9.17) is 11.6 Å². The van der Waals surface area contributed by atoms with E-state index in [0.717, 1.165) is 17.3 Å². The summed E-state index contributed by atoms with van der Waals surface area (Å²) in [5.41, 5.74) is 1.23. The van der Waals surface area contributed by atoms with E-state index in [1.165, 1.54) is 37.0 Å². The Morgan fingerprint density at radius 3 is 2.71 bits per heavy atom. The molecule has 1 nitrogen and oxygen atoms in total. The van der Waals surface area contributed by atoms with E-state index in [9.17, 15) is 0 Å². The molecule has 0 unspecified atom stereocenters. The van der Waals surface area contributed by atoms with Gasteiger partial charge in [0, 0.05) is 6.07 Å². The molecule has 0 saturated heterocycles. The van der Waals surface area contributed by atoms with Crippen LogP contribution in [0.3, 0.4) is 0 Å². The maximum Gasteiger partial charge on any atom is 0.194 e. The number of pyridine rings is 1. The van der Waals surface area contributed by atoms with Crippen molar-refractivity contribution in [2.24, 2.45) is 0 Å². The van der Waals surface area contributed by atoms with Crippen LogP contribution in [0.5, 0.6) is 0 Å². The second kappa shape index (κ2) is 8.82. The van der Waals surface area contributed by atoms with E-state index in [2.05, 4.69) is 30.7 Å². The van der Waals surface area contributed by atoms with E-state index < -0.39 is 0 Å². The Hall–Kier alpha value is -0.210. The van der Waals surface area contributed by atoms with Gasteiger partial charge < -0.3 is 0 Å². The van der Waals surface area contributed by atoms with Crippen LogP contribution in [0.4, 0.5) is 0 Å². The van der Waals surface area contributed by atoms with Crippen molar-refractivity contribution in [2.45, 2.75) is 51.8 Å². The predicted octanol–water partition coefficient (Wildman–Crippen LogP) is 4.46. The van der Waals surface area contributed by atoms with Gasteiger partial charge in [-0.15, -0.1) is 0 Å². The quantitative estimate of drug-likeness (QED) is 0.499. The molecule has 0 aromatic carbocycles. The zero-order valence-corrected chi connectivity index (χ0v) is 12.5. The van der Waals surface area contributed by atoms with Crippen molar-refractivity contribution in [2.75, 3.05) is 5.75 Å². The van der Waals surface area contributed by atoms with E-state index in [1.54, 1.807) is 0 Å². The first-order chi connectivity index (χ1) is 8.27. The summed E-state index contributed by atoms with van der Waals surface area (Å²) in [6, 6.07) is 2.12. The van der Waals surface area contributed by atoms with Crippen LogP contribution in [0, 0.1) is 0 Å². The molecular weight excluding hydrogens is 250 g/mol. The fourth-order valence-corrected chi connectivity index (χ4v) is 2.94. The van der Waals surface area contributed by atoms with Gasteiger partial charge in [-0.2, -0.15) is 4.57 Å². The zero-order chi connectivity index (χ0) is 12.5. The minimum atomic E-state index is 0.890. The Morgan fingerprint density at radius 2 is 2.06 bits per heavy atom. The molecule has 0 bridgehead atoms. The number of halogens is 1.